The minimum absolute atomic E-state index is 0.0655. The highest BCUT2D eigenvalue weighted by atomic mass is 16.6. The molecule has 0 spiro atoms. The van der Waals surface area contributed by atoms with Crippen LogP contribution in [0.5, 0.6) is 11.5 Å². The summed E-state index contributed by atoms with van der Waals surface area (Å²) in [5, 5.41) is 8.39. The summed E-state index contributed by atoms with van der Waals surface area (Å²) in [5.41, 5.74) is 0. The summed E-state index contributed by atoms with van der Waals surface area (Å²) in [6.45, 7) is 5.72. The second-order valence-corrected chi connectivity index (χ2v) is 6.11. The quantitative estimate of drug-likeness (QED) is 0.834. The molecule has 4 rings (SSSR count). The number of fused-ring (bicyclic) bond motifs is 2. The number of aryl methyl sites for hydroxylation is 1. The fraction of sp³-hybridized carbons (Fsp3) is 0.471. The molecule has 0 aliphatic carbocycles. The number of hydrogen-bond donors (Lipinski definition) is 0. The van der Waals surface area contributed by atoms with Gasteiger partial charge in [-0.3, -0.25) is 4.79 Å². The number of aromatic nitrogens is 3. The van der Waals surface area contributed by atoms with Crippen LogP contribution in [0, 0.1) is 0 Å². The van der Waals surface area contributed by atoms with Crippen LogP contribution in [0.2, 0.25) is 0 Å². The first-order valence-corrected chi connectivity index (χ1v) is 8.29. The summed E-state index contributed by atoms with van der Waals surface area (Å²) < 4.78 is 13.9. The highest BCUT2D eigenvalue weighted by Gasteiger charge is 2.38. The molecule has 3 heterocycles. The first-order valence-electron chi connectivity index (χ1n) is 8.29. The van der Waals surface area contributed by atoms with E-state index in [1.54, 1.807) is 4.90 Å². The molecule has 0 N–H and O–H groups in total. The van der Waals surface area contributed by atoms with E-state index in [1.165, 1.54) is 0 Å². The van der Waals surface area contributed by atoms with Crippen LogP contribution in [0.15, 0.2) is 24.3 Å². The van der Waals surface area contributed by atoms with Gasteiger partial charge in [0.05, 0.1) is 6.54 Å². The third kappa shape index (κ3) is 2.40. The molecule has 7 nitrogen and oxygen atoms in total. The minimum atomic E-state index is -0.639. The molecule has 1 aromatic carbocycles. The Balaban J connectivity index is 1.52. The number of hydrogen-bond acceptors (Lipinski definition) is 5. The van der Waals surface area contributed by atoms with Crippen molar-refractivity contribution in [3.05, 3.63) is 35.9 Å². The molecule has 0 saturated carbocycles. The van der Waals surface area contributed by atoms with Crippen molar-refractivity contribution in [3.63, 3.8) is 0 Å². The van der Waals surface area contributed by atoms with Crippen LogP contribution in [0.4, 0.5) is 0 Å². The molecule has 0 fully saturated rings. The van der Waals surface area contributed by atoms with Gasteiger partial charge in [-0.1, -0.05) is 19.1 Å². The largest absolute Gasteiger partial charge is 0.482 e. The van der Waals surface area contributed by atoms with Crippen LogP contribution in [0.25, 0.3) is 0 Å². The predicted molar refractivity (Wildman–Crippen MR) is 85.8 cm³/mol. The minimum Gasteiger partial charge on any atom is -0.482 e. The SMILES string of the molecule is CCc1nnc2n1CCN(C(=O)C1Oc3ccccc3OC1C)C2. The third-order valence-corrected chi connectivity index (χ3v) is 4.54. The third-order valence-electron chi connectivity index (χ3n) is 4.54. The van der Waals surface area contributed by atoms with Crippen molar-refractivity contribution in [2.75, 3.05) is 6.54 Å². The van der Waals surface area contributed by atoms with E-state index in [1.807, 2.05) is 31.2 Å². The maximum Gasteiger partial charge on any atom is 0.268 e. The number of amides is 1. The van der Waals surface area contributed by atoms with Gasteiger partial charge < -0.3 is 18.9 Å². The van der Waals surface area contributed by atoms with Crippen molar-refractivity contribution in [2.24, 2.45) is 0 Å². The maximum absolute atomic E-state index is 12.9. The van der Waals surface area contributed by atoms with E-state index in [0.29, 0.717) is 24.6 Å². The number of rotatable bonds is 2. The lowest BCUT2D eigenvalue weighted by Crippen LogP contribution is -2.52. The van der Waals surface area contributed by atoms with E-state index in [0.717, 1.165) is 24.6 Å². The van der Waals surface area contributed by atoms with Gasteiger partial charge in [0.25, 0.3) is 5.91 Å². The Morgan fingerprint density at radius 1 is 1.21 bits per heavy atom. The first-order chi connectivity index (χ1) is 11.7. The second-order valence-electron chi connectivity index (χ2n) is 6.11. The van der Waals surface area contributed by atoms with Crippen molar-refractivity contribution in [1.29, 1.82) is 0 Å². The molecule has 126 valence electrons. The summed E-state index contributed by atoms with van der Waals surface area (Å²) in [6, 6.07) is 7.43. The van der Waals surface area contributed by atoms with Crippen LogP contribution < -0.4 is 9.47 Å². The molecule has 0 radical (unpaired) electrons. The molecular formula is C17H20N4O3. The van der Waals surface area contributed by atoms with E-state index in [4.69, 9.17) is 9.47 Å². The van der Waals surface area contributed by atoms with E-state index in [-0.39, 0.29) is 12.0 Å². The van der Waals surface area contributed by atoms with Crippen molar-refractivity contribution in [2.45, 2.75) is 45.6 Å². The zero-order valence-electron chi connectivity index (χ0n) is 13.8. The van der Waals surface area contributed by atoms with Gasteiger partial charge in [-0.15, -0.1) is 10.2 Å². The molecule has 1 amide bonds. The Hall–Kier alpha value is -2.57. The molecule has 1 aromatic heterocycles. The molecule has 2 aromatic rings. The van der Waals surface area contributed by atoms with Crippen molar-refractivity contribution >= 4 is 5.91 Å². The fourth-order valence-electron chi connectivity index (χ4n) is 3.24. The monoisotopic (exact) mass is 328 g/mol. The summed E-state index contributed by atoms with van der Waals surface area (Å²) in [4.78, 5) is 14.7. The molecule has 0 bridgehead atoms. The number of para-hydroxylation sites is 2. The fourth-order valence-corrected chi connectivity index (χ4v) is 3.24. The molecule has 2 aliphatic rings. The second kappa shape index (κ2) is 5.81. The van der Waals surface area contributed by atoms with Gasteiger partial charge >= 0.3 is 0 Å². The standard InChI is InChI=1S/C17H20N4O3/c1-3-14-18-19-15-10-20(8-9-21(14)15)17(22)16-11(2)23-12-6-4-5-7-13(12)24-16/h4-7,11,16H,3,8-10H2,1-2H3. The van der Waals surface area contributed by atoms with Crippen molar-refractivity contribution in [3.8, 4) is 11.5 Å². The number of carbonyl (C=O) groups excluding carboxylic acids is 1. The topological polar surface area (TPSA) is 69.5 Å². The molecule has 7 heteroatoms. The summed E-state index contributed by atoms with van der Waals surface area (Å²) in [5.74, 6) is 3.03. The highest BCUT2D eigenvalue weighted by molar-refractivity contribution is 5.82. The Kier molecular flexibility index (Phi) is 3.63. The lowest BCUT2D eigenvalue weighted by Gasteiger charge is -2.35. The van der Waals surface area contributed by atoms with Crippen LogP contribution >= 0.6 is 0 Å². The molecule has 2 unspecified atom stereocenters. The van der Waals surface area contributed by atoms with Gasteiger partial charge in [-0.05, 0) is 19.1 Å². The van der Waals surface area contributed by atoms with Crippen LogP contribution in [-0.2, 0) is 24.3 Å². The number of ether oxygens (including phenoxy) is 2. The zero-order chi connectivity index (χ0) is 16.7. The van der Waals surface area contributed by atoms with Gasteiger partial charge in [0.15, 0.2) is 17.3 Å². The normalized spacial score (nSPS) is 22.2. The van der Waals surface area contributed by atoms with Gasteiger partial charge in [0.1, 0.15) is 11.9 Å². The number of carbonyl (C=O) groups is 1. The Labute approximate surface area is 140 Å². The van der Waals surface area contributed by atoms with Crippen molar-refractivity contribution < 1.29 is 14.3 Å². The number of benzene rings is 1. The van der Waals surface area contributed by atoms with E-state index in [9.17, 15) is 4.79 Å². The van der Waals surface area contributed by atoms with Gasteiger partial charge in [-0.25, -0.2) is 0 Å². The summed E-state index contributed by atoms with van der Waals surface area (Å²) in [6.07, 6.45) is -0.132. The highest BCUT2D eigenvalue weighted by Crippen LogP contribution is 2.34. The average molecular weight is 328 g/mol. The Morgan fingerprint density at radius 3 is 2.71 bits per heavy atom. The molecule has 2 atom stereocenters. The van der Waals surface area contributed by atoms with E-state index < -0.39 is 6.10 Å². The molecule has 2 aliphatic heterocycles. The summed E-state index contributed by atoms with van der Waals surface area (Å²) in [7, 11) is 0. The Bertz CT molecular complexity index is 773. The average Bonchev–Trinajstić information content (AvgIpc) is 3.02. The molecule has 24 heavy (non-hydrogen) atoms. The van der Waals surface area contributed by atoms with Crippen molar-refractivity contribution in [1.82, 2.24) is 19.7 Å². The van der Waals surface area contributed by atoms with Crippen LogP contribution in [-0.4, -0.2) is 44.3 Å². The van der Waals surface area contributed by atoms with Gasteiger partial charge in [0, 0.05) is 19.5 Å². The lowest BCUT2D eigenvalue weighted by molar-refractivity contribution is -0.146. The van der Waals surface area contributed by atoms with E-state index in [2.05, 4.69) is 21.7 Å². The maximum atomic E-state index is 12.9. The smallest absolute Gasteiger partial charge is 0.268 e. The van der Waals surface area contributed by atoms with E-state index >= 15 is 0 Å². The number of nitrogens with zero attached hydrogens (tertiary/aromatic N) is 4. The predicted octanol–water partition coefficient (Wildman–Crippen LogP) is 1.41. The lowest BCUT2D eigenvalue weighted by atomic mass is 10.1. The molecule has 0 saturated heterocycles. The Morgan fingerprint density at radius 2 is 1.96 bits per heavy atom. The molecular weight excluding hydrogens is 308 g/mol. The van der Waals surface area contributed by atoms with Gasteiger partial charge in [0.2, 0.25) is 6.10 Å². The first kappa shape index (κ1) is 15.0. The van der Waals surface area contributed by atoms with Gasteiger partial charge in [-0.2, -0.15) is 0 Å². The summed E-state index contributed by atoms with van der Waals surface area (Å²) >= 11 is 0. The zero-order valence-corrected chi connectivity index (χ0v) is 13.8. The van der Waals surface area contributed by atoms with Crippen LogP contribution in [0.1, 0.15) is 25.5 Å². The van der Waals surface area contributed by atoms with Crippen LogP contribution in [0.3, 0.4) is 0 Å².